The number of carbonyl (C=O) groups excluding carboxylic acids is 1. The molecule has 2 N–H and O–H groups in total. The van der Waals surface area contributed by atoms with E-state index in [1.165, 1.54) is 13.1 Å². The van der Waals surface area contributed by atoms with Crippen molar-refractivity contribution in [2.24, 2.45) is 0 Å². The molecule has 1 aliphatic rings. The van der Waals surface area contributed by atoms with Crippen molar-refractivity contribution in [2.45, 2.75) is 6.18 Å². The molecule has 8 heteroatoms. The van der Waals surface area contributed by atoms with Gasteiger partial charge in [0, 0.05) is 18.3 Å². The lowest BCUT2D eigenvalue weighted by molar-refractivity contribution is -0.137. The predicted molar refractivity (Wildman–Crippen MR) is 68.7 cm³/mol. The van der Waals surface area contributed by atoms with Crippen LogP contribution in [0.5, 0.6) is 0 Å². The lowest BCUT2D eigenvalue weighted by Crippen LogP contribution is -2.24. The highest BCUT2D eigenvalue weighted by atomic mass is 127. The fraction of sp³-hybridized carbons (Fsp3) is 0.200. The number of amides is 2. The van der Waals surface area contributed by atoms with Gasteiger partial charge in [0.1, 0.15) is 0 Å². The molecule has 1 aliphatic heterocycles. The van der Waals surface area contributed by atoms with Crippen molar-refractivity contribution in [3.8, 4) is 0 Å². The minimum Gasteiger partial charge on any atom is -0.341 e. The fourth-order valence-corrected chi connectivity index (χ4v) is 2.21. The van der Waals surface area contributed by atoms with Crippen LogP contribution >= 0.6 is 21.1 Å². The lowest BCUT2D eigenvalue weighted by atomic mass is 10.1. The van der Waals surface area contributed by atoms with Crippen molar-refractivity contribution in [3.05, 3.63) is 29.3 Å². The Kier molecular flexibility index (Phi) is 3.57. The Morgan fingerprint density at radius 2 is 2.00 bits per heavy atom. The standard InChI is InChI=1S/C10H8F3IN2O2/c1-15-9(17)16-7-3-5(8-14-18-8)2-6(4-7)10(11,12)13/h2-4H,1H3,(H2,15,16,17). The van der Waals surface area contributed by atoms with Gasteiger partial charge >= 0.3 is 12.2 Å². The van der Waals surface area contributed by atoms with Crippen LogP contribution in [0.4, 0.5) is 23.7 Å². The van der Waals surface area contributed by atoms with E-state index in [-0.39, 0.29) is 5.69 Å². The number of rotatable bonds is 2. The SMILES string of the molecule is CNC(=O)Nc1cc(C2=IO2)cc(C(F)(F)F)c1. The minimum atomic E-state index is -4.46. The van der Waals surface area contributed by atoms with Crippen molar-refractivity contribution < 1.29 is 21.0 Å². The summed E-state index contributed by atoms with van der Waals surface area (Å²) in [5, 5.41) is 4.59. The fourth-order valence-electron chi connectivity index (χ4n) is 1.28. The molecular formula is C10H8F3IN2O2. The zero-order chi connectivity index (χ0) is 13.3. The van der Waals surface area contributed by atoms with Crippen LogP contribution in [-0.2, 0) is 9.24 Å². The molecule has 0 spiro atoms. The van der Waals surface area contributed by atoms with Crippen LogP contribution in [0, 0.1) is 0 Å². The van der Waals surface area contributed by atoms with E-state index in [0.717, 1.165) is 12.1 Å². The third-order valence-electron chi connectivity index (χ3n) is 2.13. The lowest BCUT2D eigenvalue weighted by Gasteiger charge is -2.11. The first-order valence-corrected chi connectivity index (χ1v) is 6.76. The molecule has 1 aromatic carbocycles. The summed E-state index contributed by atoms with van der Waals surface area (Å²) >= 11 is -0.571. The van der Waals surface area contributed by atoms with Crippen LogP contribution < -0.4 is 10.6 Å². The van der Waals surface area contributed by atoms with Gasteiger partial charge in [0.15, 0.2) is 3.69 Å². The van der Waals surface area contributed by atoms with E-state index >= 15 is 0 Å². The number of benzene rings is 1. The number of anilines is 1. The largest absolute Gasteiger partial charge is 0.416 e. The molecule has 18 heavy (non-hydrogen) atoms. The molecule has 0 aliphatic carbocycles. The third kappa shape index (κ3) is 3.19. The number of hydrogen-bond acceptors (Lipinski definition) is 2. The van der Waals surface area contributed by atoms with Gasteiger partial charge in [-0.25, -0.2) is 4.79 Å². The monoisotopic (exact) mass is 372 g/mol. The molecule has 0 aromatic heterocycles. The molecule has 0 saturated heterocycles. The second-order valence-corrected chi connectivity index (χ2v) is 5.29. The van der Waals surface area contributed by atoms with Crippen molar-refractivity contribution in [2.75, 3.05) is 12.4 Å². The Morgan fingerprint density at radius 3 is 2.50 bits per heavy atom. The van der Waals surface area contributed by atoms with Crippen molar-refractivity contribution in [1.82, 2.24) is 5.32 Å². The molecular weight excluding hydrogens is 364 g/mol. The van der Waals surface area contributed by atoms with Crippen molar-refractivity contribution in [3.63, 3.8) is 0 Å². The predicted octanol–water partition coefficient (Wildman–Crippen LogP) is 2.85. The molecule has 4 nitrogen and oxygen atoms in total. The van der Waals surface area contributed by atoms with E-state index in [4.69, 9.17) is 3.07 Å². The Morgan fingerprint density at radius 1 is 1.33 bits per heavy atom. The zero-order valence-electron chi connectivity index (χ0n) is 9.06. The Balaban J connectivity index is 2.37. The highest BCUT2D eigenvalue weighted by Gasteiger charge is 2.32. The van der Waals surface area contributed by atoms with E-state index < -0.39 is 38.9 Å². The van der Waals surface area contributed by atoms with Crippen LogP contribution in [0.25, 0.3) is 0 Å². The number of halogens is 4. The number of urea groups is 1. The second kappa shape index (κ2) is 4.84. The van der Waals surface area contributed by atoms with Crippen LogP contribution in [-0.4, -0.2) is 16.8 Å². The Hall–Kier alpha value is -1.16. The topological polar surface area (TPSA) is 53.7 Å². The molecule has 0 fully saturated rings. The van der Waals surface area contributed by atoms with Gasteiger partial charge in [-0.1, -0.05) is 0 Å². The zero-order valence-corrected chi connectivity index (χ0v) is 11.2. The van der Waals surface area contributed by atoms with E-state index in [2.05, 4.69) is 10.6 Å². The van der Waals surface area contributed by atoms with E-state index in [9.17, 15) is 18.0 Å². The summed E-state index contributed by atoms with van der Waals surface area (Å²) in [6, 6.07) is 2.81. The summed E-state index contributed by atoms with van der Waals surface area (Å²) in [4.78, 5) is 11.1. The summed E-state index contributed by atoms with van der Waals surface area (Å²) < 4.78 is 43.6. The van der Waals surface area contributed by atoms with E-state index in [0.29, 0.717) is 9.26 Å². The first kappa shape index (κ1) is 13.3. The highest BCUT2D eigenvalue weighted by molar-refractivity contribution is 14.2. The van der Waals surface area contributed by atoms with E-state index in [1.54, 1.807) is 0 Å². The van der Waals surface area contributed by atoms with E-state index in [1.807, 2.05) is 0 Å². The van der Waals surface area contributed by atoms with Gasteiger partial charge in [0.2, 0.25) is 0 Å². The second-order valence-electron chi connectivity index (χ2n) is 3.43. The summed E-state index contributed by atoms with van der Waals surface area (Å²) in [6.07, 6.45) is -4.46. The van der Waals surface area contributed by atoms with Gasteiger partial charge in [-0.05, 0) is 18.2 Å². The van der Waals surface area contributed by atoms with Crippen molar-refractivity contribution in [1.29, 1.82) is 0 Å². The van der Waals surface area contributed by atoms with Gasteiger partial charge in [0.05, 0.1) is 26.7 Å². The first-order chi connectivity index (χ1) is 8.40. The van der Waals surface area contributed by atoms with Gasteiger partial charge in [0.25, 0.3) is 0 Å². The molecule has 98 valence electrons. The number of carbonyl (C=O) groups is 1. The summed E-state index contributed by atoms with van der Waals surface area (Å²) in [5.74, 6) is 0. The summed E-state index contributed by atoms with van der Waals surface area (Å²) in [5.41, 5.74) is -0.339. The maximum absolute atomic E-state index is 12.7. The third-order valence-corrected chi connectivity index (χ3v) is 3.63. The van der Waals surface area contributed by atoms with Crippen LogP contribution in [0.1, 0.15) is 11.1 Å². The average molecular weight is 372 g/mol. The van der Waals surface area contributed by atoms with Crippen LogP contribution in [0.2, 0.25) is 0 Å². The Labute approximate surface area is 111 Å². The average Bonchev–Trinajstić information content (AvgIpc) is 3.11. The molecule has 0 bridgehead atoms. The smallest absolute Gasteiger partial charge is 0.341 e. The van der Waals surface area contributed by atoms with Gasteiger partial charge in [-0.3, -0.25) is 3.07 Å². The molecule has 0 atom stereocenters. The number of alkyl halides is 3. The molecule has 0 unspecified atom stereocenters. The maximum Gasteiger partial charge on any atom is 0.416 e. The van der Waals surface area contributed by atoms with Crippen molar-refractivity contribution >= 4 is 36.6 Å². The summed E-state index contributed by atoms with van der Waals surface area (Å²) in [6.45, 7) is 0. The maximum atomic E-state index is 12.7. The van der Waals surface area contributed by atoms with Gasteiger partial charge < -0.3 is 10.6 Å². The molecule has 0 radical (unpaired) electrons. The van der Waals surface area contributed by atoms with Gasteiger partial charge in [-0.2, -0.15) is 13.2 Å². The number of nitrogens with one attached hydrogen (secondary N) is 2. The quantitative estimate of drug-likeness (QED) is 0.785. The molecule has 0 saturated carbocycles. The molecule has 2 amide bonds. The minimum absolute atomic E-state index is 0.0891. The normalized spacial score (nSPS) is 14.3. The van der Waals surface area contributed by atoms with Crippen LogP contribution in [0.15, 0.2) is 18.2 Å². The molecule has 1 heterocycles. The number of hydrogen-bond donors (Lipinski definition) is 2. The van der Waals surface area contributed by atoms with Crippen LogP contribution in [0.3, 0.4) is 0 Å². The molecule has 1 aromatic rings. The van der Waals surface area contributed by atoms with Gasteiger partial charge in [-0.15, -0.1) is 0 Å². The highest BCUT2D eigenvalue weighted by Crippen LogP contribution is 2.35. The summed E-state index contributed by atoms with van der Waals surface area (Å²) in [7, 11) is 1.38. The Bertz CT molecular complexity index is 528. The molecule has 2 rings (SSSR count). The first-order valence-electron chi connectivity index (χ1n) is 4.80.